The van der Waals surface area contributed by atoms with Crippen LogP contribution in [0.1, 0.15) is 40.0 Å². The normalized spacial score (nSPS) is 21.1. The fraction of sp³-hybridized carbons (Fsp3) is 0.800. The molecular weight excluding hydrogens is 304 g/mol. The van der Waals surface area contributed by atoms with Gasteiger partial charge in [0.1, 0.15) is 0 Å². The molecule has 2 N–H and O–H groups in total. The lowest BCUT2D eigenvalue weighted by Gasteiger charge is -2.20. The van der Waals surface area contributed by atoms with Gasteiger partial charge in [0.15, 0.2) is 0 Å². The molecule has 1 aliphatic rings. The van der Waals surface area contributed by atoms with Gasteiger partial charge in [-0.05, 0) is 5.92 Å². The molecule has 0 radical (unpaired) electrons. The minimum Gasteiger partial charge on any atom is -0.395 e. The van der Waals surface area contributed by atoms with Crippen molar-refractivity contribution in [2.24, 2.45) is 5.92 Å². The van der Waals surface area contributed by atoms with Gasteiger partial charge in [0.05, 0.1) is 11.9 Å². The van der Waals surface area contributed by atoms with E-state index < -0.39 is 0 Å². The van der Waals surface area contributed by atoms with Crippen LogP contribution in [0.3, 0.4) is 0 Å². The third-order valence-corrected chi connectivity index (χ3v) is 5.61. The first-order valence-corrected chi connectivity index (χ1v) is 8.72. The van der Waals surface area contributed by atoms with E-state index in [0.29, 0.717) is 11.2 Å². The number of carbonyl (C=O) groups is 3. The van der Waals surface area contributed by atoms with Crippen LogP contribution in [0.4, 0.5) is 0 Å². The molecule has 126 valence electrons. The van der Waals surface area contributed by atoms with Crippen molar-refractivity contribution in [3.63, 3.8) is 0 Å². The van der Waals surface area contributed by atoms with Crippen molar-refractivity contribution in [2.75, 3.05) is 19.7 Å². The second-order valence-electron chi connectivity index (χ2n) is 5.63. The Balaban J connectivity index is 2.49. The fourth-order valence-electron chi connectivity index (χ4n) is 2.22. The maximum absolute atomic E-state index is 12.3. The molecule has 0 bridgehead atoms. The molecule has 1 saturated heterocycles. The first kappa shape index (κ1) is 19.0. The van der Waals surface area contributed by atoms with Crippen molar-refractivity contribution >= 4 is 29.5 Å². The number of nitrogens with zero attached hydrogens (tertiary/aromatic N) is 1. The lowest BCUT2D eigenvalue weighted by molar-refractivity contribution is -0.138. The van der Waals surface area contributed by atoms with Crippen LogP contribution in [0.15, 0.2) is 0 Å². The molecule has 1 aliphatic heterocycles. The standard InChI is InChI=1S/C15H26N2O4S/c1-4-10(2)11(3)22-12-9-14(20)17(15(12)21)7-5-13(19)16-6-8-18/h10-12,18H,4-9H2,1-3H3,(H,16,19). The number of carbonyl (C=O) groups excluding carboxylic acids is 3. The number of rotatable bonds is 9. The molecule has 3 amide bonds. The predicted octanol–water partition coefficient (Wildman–Crippen LogP) is 0.780. The van der Waals surface area contributed by atoms with Gasteiger partial charge in [-0.2, -0.15) is 0 Å². The number of thioether (sulfide) groups is 1. The van der Waals surface area contributed by atoms with Gasteiger partial charge in [-0.1, -0.05) is 27.2 Å². The van der Waals surface area contributed by atoms with Crippen LogP contribution in [0.25, 0.3) is 0 Å². The summed E-state index contributed by atoms with van der Waals surface area (Å²) in [4.78, 5) is 36.9. The van der Waals surface area contributed by atoms with Gasteiger partial charge >= 0.3 is 0 Å². The van der Waals surface area contributed by atoms with Gasteiger partial charge in [0.2, 0.25) is 17.7 Å². The fourth-order valence-corrected chi connectivity index (χ4v) is 3.68. The van der Waals surface area contributed by atoms with Crippen molar-refractivity contribution in [1.29, 1.82) is 0 Å². The second-order valence-corrected chi connectivity index (χ2v) is 7.21. The summed E-state index contributed by atoms with van der Waals surface area (Å²) in [6.07, 6.45) is 1.34. The van der Waals surface area contributed by atoms with Crippen molar-refractivity contribution in [1.82, 2.24) is 10.2 Å². The minimum absolute atomic E-state index is 0.0791. The number of hydrogen-bond acceptors (Lipinski definition) is 5. The molecule has 7 heteroatoms. The summed E-state index contributed by atoms with van der Waals surface area (Å²) in [6.45, 7) is 6.51. The number of likely N-dealkylation sites (tertiary alicyclic amines) is 1. The van der Waals surface area contributed by atoms with E-state index >= 15 is 0 Å². The molecule has 1 fully saturated rings. The first-order valence-electron chi connectivity index (χ1n) is 7.77. The van der Waals surface area contributed by atoms with Crippen molar-refractivity contribution in [3.8, 4) is 0 Å². The Bertz CT molecular complexity index is 416. The summed E-state index contributed by atoms with van der Waals surface area (Å²) < 4.78 is 0. The Morgan fingerprint density at radius 2 is 2.14 bits per heavy atom. The van der Waals surface area contributed by atoms with E-state index in [0.717, 1.165) is 6.42 Å². The van der Waals surface area contributed by atoms with E-state index in [2.05, 4.69) is 26.1 Å². The van der Waals surface area contributed by atoms with Crippen molar-refractivity contribution in [3.05, 3.63) is 0 Å². The van der Waals surface area contributed by atoms with E-state index in [4.69, 9.17) is 5.11 Å². The second kappa shape index (κ2) is 9.15. The molecule has 1 rings (SSSR count). The molecule has 0 aromatic carbocycles. The van der Waals surface area contributed by atoms with Crippen LogP contribution in [-0.2, 0) is 14.4 Å². The molecule has 6 nitrogen and oxygen atoms in total. The van der Waals surface area contributed by atoms with Gasteiger partial charge < -0.3 is 10.4 Å². The average Bonchev–Trinajstić information content (AvgIpc) is 2.76. The zero-order chi connectivity index (χ0) is 16.7. The van der Waals surface area contributed by atoms with E-state index in [1.165, 1.54) is 4.90 Å². The number of imide groups is 1. The Morgan fingerprint density at radius 1 is 1.45 bits per heavy atom. The first-order chi connectivity index (χ1) is 10.4. The van der Waals surface area contributed by atoms with Gasteiger partial charge in [-0.25, -0.2) is 0 Å². The zero-order valence-corrected chi connectivity index (χ0v) is 14.3. The maximum Gasteiger partial charge on any atom is 0.242 e. The Hall–Kier alpha value is -1.08. The lowest BCUT2D eigenvalue weighted by atomic mass is 10.1. The van der Waals surface area contributed by atoms with Gasteiger partial charge in [-0.3, -0.25) is 19.3 Å². The van der Waals surface area contributed by atoms with Crippen molar-refractivity contribution < 1.29 is 19.5 Å². The Morgan fingerprint density at radius 3 is 2.73 bits per heavy atom. The smallest absolute Gasteiger partial charge is 0.242 e. The highest BCUT2D eigenvalue weighted by Gasteiger charge is 2.39. The highest BCUT2D eigenvalue weighted by Crippen LogP contribution is 2.32. The van der Waals surface area contributed by atoms with Crippen LogP contribution in [0.5, 0.6) is 0 Å². The quantitative estimate of drug-likeness (QED) is 0.610. The third-order valence-electron chi connectivity index (χ3n) is 4.02. The van der Waals surface area contributed by atoms with E-state index in [9.17, 15) is 14.4 Å². The van der Waals surface area contributed by atoms with Gasteiger partial charge in [0, 0.05) is 31.2 Å². The summed E-state index contributed by atoms with van der Waals surface area (Å²) in [6, 6.07) is 0. The monoisotopic (exact) mass is 330 g/mol. The highest BCUT2D eigenvalue weighted by atomic mass is 32.2. The van der Waals surface area contributed by atoms with Gasteiger partial charge in [-0.15, -0.1) is 11.8 Å². The molecule has 0 aromatic rings. The van der Waals surface area contributed by atoms with E-state index in [-0.39, 0.29) is 55.5 Å². The van der Waals surface area contributed by atoms with E-state index in [1.807, 2.05) is 0 Å². The molecule has 0 saturated carbocycles. The molecule has 3 unspecified atom stereocenters. The summed E-state index contributed by atoms with van der Waals surface area (Å²) in [7, 11) is 0. The number of nitrogens with one attached hydrogen (secondary N) is 1. The highest BCUT2D eigenvalue weighted by molar-refractivity contribution is 8.01. The Kier molecular flexibility index (Phi) is 7.89. The largest absolute Gasteiger partial charge is 0.395 e. The summed E-state index contributed by atoms with van der Waals surface area (Å²) in [5.41, 5.74) is 0. The number of amides is 3. The SMILES string of the molecule is CCC(C)C(C)SC1CC(=O)N(CCC(=O)NCCO)C1=O. The summed E-state index contributed by atoms with van der Waals surface area (Å²) in [5.74, 6) is -0.154. The van der Waals surface area contributed by atoms with Crippen molar-refractivity contribution in [2.45, 2.75) is 50.5 Å². The number of aliphatic hydroxyl groups excluding tert-OH is 1. The molecular formula is C15H26N2O4S. The molecule has 3 atom stereocenters. The summed E-state index contributed by atoms with van der Waals surface area (Å²) >= 11 is 1.56. The Labute approximate surface area is 136 Å². The average molecular weight is 330 g/mol. The summed E-state index contributed by atoms with van der Waals surface area (Å²) in [5, 5.41) is 11.1. The molecule has 22 heavy (non-hydrogen) atoms. The van der Waals surface area contributed by atoms with Crippen LogP contribution < -0.4 is 5.32 Å². The number of aliphatic hydroxyl groups is 1. The predicted molar refractivity (Wildman–Crippen MR) is 86.3 cm³/mol. The van der Waals surface area contributed by atoms with Crippen LogP contribution >= 0.6 is 11.8 Å². The third kappa shape index (κ3) is 5.28. The topological polar surface area (TPSA) is 86.7 Å². The molecule has 0 aromatic heterocycles. The molecule has 0 spiro atoms. The van der Waals surface area contributed by atoms with Crippen LogP contribution in [0, 0.1) is 5.92 Å². The van der Waals surface area contributed by atoms with E-state index in [1.54, 1.807) is 11.8 Å². The molecule has 0 aliphatic carbocycles. The maximum atomic E-state index is 12.3. The van der Waals surface area contributed by atoms with Crippen LogP contribution in [-0.4, -0.2) is 57.9 Å². The van der Waals surface area contributed by atoms with Crippen LogP contribution in [0.2, 0.25) is 0 Å². The van der Waals surface area contributed by atoms with Gasteiger partial charge in [0.25, 0.3) is 0 Å². The lowest BCUT2D eigenvalue weighted by Crippen LogP contribution is -2.36. The zero-order valence-electron chi connectivity index (χ0n) is 13.5. The molecule has 1 heterocycles. The number of hydrogen-bond donors (Lipinski definition) is 2. The minimum atomic E-state index is -0.322.